The van der Waals surface area contributed by atoms with Gasteiger partial charge in [-0.15, -0.1) is 0 Å². The number of carbonyl (C=O) groups is 1. The number of hydrogen-bond donors (Lipinski definition) is 2. The Hall–Kier alpha value is -3.44. The van der Waals surface area contributed by atoms with Gasteiger partial charge in [-0.3, -0.25) is 14.6 Å². The van der Waals surface area contributed by atoms with Crippen LogP contribution in [0.15, 0.2) is 57.8 Å². The predicted octanol–water partition coefficient (Wildman–Crippen LogP) is 3.37. The van der Waals surface area contributed by atoms with Crippen molar-refractivity contribution in [2.75, 3.05) is 19.0 Å². The number of halogens is 1. The van der Waals surface area contributed by atoms with Gasteiger partial charge in [0, 0.05) is 15.6 Å². The lowest BCUT2D eigenvalue weighted by Crippen LogP contribution is -2.21. The molecule has 7 nitrogen and oxygen atoms in total. The van der Waals surface area contributed by atoms with Crippen LogP contribution in [0.25, 0.3) is 11.3 Å². The van der Waals surface area contributed by atoms with Gasteiger partial charge in [0.05, 0.1) is 19.3 Å². The van der Waals surface area contributed by atoms with Crippen LogP contribution in [0.3, 0.4) is 0 Å². The second-order valence-electron chi connectivity index (χ2n) is 5.76. The molecule has 0 amide bonds. The number of Topliss-reactive ketones (excluding diaryl/α,β-unsaturated/α-hetero) is 1. The van der Waals surface area contributed by atoms with Crippen LogP contribution < -0.4 is 15.6 Å². The summed E-state index contributed by atoms with van der Waals surface area (Å²) in [5.41, 5.74) is 0.664. The van der Waals surface area contributed by atoms with Gasteiger partial charge in [-0.05, 0) is 36.4 Å². The second-order valence-corrected chi connectivity index (χ2v) is 6.68. The van der Waals surface area contributed by atoms with Crippen LogP contribution in [0.5, 0.6) is 5.75 Å². The number of benzene rings is 2. The molecule has 2 aromatic carbocycles. The van der Waals surface area contributed by atoms with E-state index in [2.05, 4.69) is 31.2 Å². The van der Waals surface area contributed by atoms with Crippen molar-refractivity contribution in [2.24, 2.45) is 0 Å². The zero-order chi connectivity index (χ0) is 20.1. The van der Waals surface area contributed by atoms with Crippen LogP contribution in [0, 0.1) is 11.3 Å². The summed E-state index contributed by atoms with van der Waals surface area (Å²) in [6.07, 6.45) is 0. The average Bonchev–Trinajstić information content (AvgIpc) is 2.72. The van der Waals surface area contributed by atoms with Gasteiger partial charge >= 0.3 is 0 Å². The molecule has 0 aliphatic heterocycles. The third-order valence-corrected chi connectivity index (χ3v) is 4.51. The predicted molar refractivity (Wildman–Crippen MR) is 109 cm³/mol. The average molecular weight is 439 g/mol. The van der Waals surface area contributed by atoms with Crippen molar-refractivity contribution in [1.82, 2.24) is 9.97 Å². The molecule has 0 saturated carbocycles. The number of nitriles is 1. The minimum absolute atomic E-state index is 0.0570. The van der Waals surface area contributed by atoms with Gasteiger partial charge in [0.2, 0.25) is 5.95 Å². The Labute approximate surface area is 169 Å². The van der Waals surface area contributed by atoms with E-state index in [1.165, 1.54) is 0 Å². The zero-order valence-corrected chi connectivity index (χ0v) is 16.4. The first-order chi connectivity index (χ1) is 13.5. The minimum Gasteiger partial charge on any atom is -0.497 e. The molecule has 3 aromatic rings. The molecular weight excluding hydrogens is 424 g/mol. The molecule has 0 fully saturated rings. The highest BCUT2D eigenvalue weighted by atomic mass is 79.9. The normalized spacial score (nSPS) is 10.2. The van der Waals surface area contributed by atoms with E-state index in [1.54, 1.807) is 55.6 Å². The summed E-state index contributed by atoms with van der Waals surface area (Å²) in [6, 6.07) is 15.7. The fourth-order valence-corrected chi connectivity index (χ4v) is 2.78. The Kier molecular flexibility index (Phi) is 5.87. The first kappa shape index (κ1) is 19.3. The molecule has 0 radical (unpaired) electrons. The lowest BCUT2D eigenvalue weighted by molar-refractivity contribution is 0.101. The number of ketones is 1. The van der Waals surface area contributed by atoms with Gasteiger partial charge in [-0.1, -0.05) is 28.1 Å². The van der Waals surface area contributed by atoms with E-state index in [0.29, 0.717) is 16.9 Å². The quantitative estimate of drug-likeness (QED) is 0.571. The van der Waals surface area contributed by atoms with Gasteiger partial charge in [0.25, 0.3) is 5.56 Å². The van der Waals surface area contributed by atoms with Crippen molar-refractivity contribution in [2.45, 2.75) is 0 Å². The number of nitrogens with one attached hydrogen (secondary N) is 2. The van der Waals surface area contributed by atoms with E-state index < -0.39 is 5.56 Å². The van der Waals surface area contributed by atoms with E-state index in [9.17, 15) is 14.9 Å². The molecule has 0 atom stereocenters. The monoisotopic (exact) mass is 438 g/mol. The van der Waals surface area contributed by atoms with Crippen molar-refractivity contribution in [3.8, 4) is 23.1 Å². The van der Waals surface area contributed by atoms with Crippen molar-refractivity contribution < 1.29 is 9.53 Å². The number of rotatable bonds is 6. The van der Waals surface area contributed by atoms with Gasteiger partial charge < -0.3 is 10.1 Å². The van der Waals surface area contributed by atoms with Crippen molar-refractivity contribution >= 4 is 27.7 Å². The van der Waals surface area contributed by atoms with Gasteiger partial charge in [0.1, 0.15) is 17.4 Å². The van der Waals surface area contributed by atoms with Gasteiger partial charge in [-0.2, -0.15) is 5.26 Å². The Morgan fingerprint density at radius 3 is 2.50 bits per heavy atom. The fraction of sp³-hybridized carbons (Fsp3) is 0.100. The molecule has 0 spiro atoms. The van der Waals surface area contributed by atoms with Crippen molar-refractivity contribution in [3.63, 3.8) is 0 Å². The molecule has 3 rings (SSSR count). The molecule has 0 unspecified atom stereocenters. The molecule has 0 aliphatic carbocycles. The number of nitrogens with zero attached hydrogens (tertiary/aromatic N) is 2. The molecule has 0 saturated heterocycles. The number of aromatic nitrogens is 2. The van der Waals surface area contributed by atoms with Crippen LogP contribution in [0.4, 0.5) is 5.95 Å². The van der Waals surface area contributed by atoms with Crippen LogP contribution in [-0.2, 0) is 0 Å². The van der Waals surface area contributed by atoms with Crippen LogP contribution >= 0.6 is 15.9 Å². The van der Waals surface area contributed by atoms with Gasteiger partial charge in [0.15, 0.2) is 5.78 Å². The highest BCUT2D eigenvalue weighted by Crippen LogP contribution is 2.23. The maximum atomic E-state index is 12.3. The maximum absolute atomic E-state index is 12.3. The Bertz CT molecular complexity index is 1100. The van der Waals surface area contributed by atoms with E-state index >= 15 is 0 Å². The molecule has 28 heavy (non-hydrogen) atoms. The Balaban J connectivity index is 1.87. The molecule has 140 valence electrons. The van der Waals surface area contributed by atoms with Crippen LogP contribution in [0.2, 0.25) is 0 Å². The number of H-pyrrole nitrogens is 1. The summed E-state index contributed by atoms with van der Waals surface area (Å²) < 4.78 is 5.99. The third-order valence-electron chi connectivity index (χ3n) is 3.98. The van der Waals surface area contributed by atoms with Crippen molar-refractivity contribution in [1.29, 1.82) is 5.26 Å². The first-order valence-corrected chi connectivity index (χ1v) is 9.02. The molecule has 0 bridgehead atoms. The third kappa shape index (κ3) is 4.27. The zero-order valence-electron chi connectivity index (χ0n) is 14.8. The molecule has 2 N–H and O–H groups in total. The number of anilines is 1. The number of hydrogen-bond acceptors (Lipinski definition) is 6. The van der Waals surface area contributed by atoms with E-state index in [1.807, 2.05) is 6.07 Å². The summed E-state index contributed by atoms with van der Waals surface area (Å²) in [4.78, 5) is 31.4. The number of methoxy groups -OCH3 is 1. The van der Waals surface area contributed by atoms with E-state index in [-0.39, 0.29) is 29.5 Å². The highest BCUT2D eigenvalue weighted by molar-refractivity contribution is 9.10. The minimum atomic E-state index is -0.582. The smallest absolute Gasteiger partial charge is 0.270 e. The molecular formula is C20H15BrN4O3. The number of aromatic amines is 1. The topological polar surface area (TPSA) is 108 Å². The van der Waals surface area contributed by atoms with E-state index in [4.69, 9.17) is 4.74 Å². The summed E-state index contributed by atoms with van der Waals surface area (Å²) in [6.45, 7) is -0.0570. The number of carbonyl (C=O) groups excluding carboxylic acids is 1. The number of ether oxygens (including phenoxy) is 1. The Morgan fingerprint density at radius 2 is 1.89 bits per heavy atom. The van der Waals surface area contributed by atoms with Crippen LogP contribution in [-0.4, -0.2) is 29.4 Å². The van der Waals surface area contributed by atoms with Gasteiger partial charge in [-0.25, -0.2) is 4.98 Å². The maximum Gasteiger partial charge on any atom is 0.270 e. The largest absolute Gasteiger partial charge is 0.497 e. The summed E-state index contributed by atoms with van der Waals surface area (Å²) in [7, 11) is 1.55. The fourth-order valence-electron chi connectivity index (χ4n) is 2.52. The molecule has 1 heterocycles. The Morgan fingerprint density at radius 1 is 1.21 bits per heavy atom. The lowest BCUT2D eigenvalue weighted by Gasteiger charge is -2.09. The van der Waals surface area contributed by atoms with E-state index in [0.717, 1.165) is 4.47 Å². The SMILES string of the molecule is COc1ccc(-c2nc(NCC(=O)c3ccc(Br)cc3)[nH]c(=O)c2C#N)cc1. The summed E-state index contributed by atoms with van der Waals surface area (Å²) in [5, 5.41) is 12.1. The van der Waals surface area contributed by atoms with Crippen molar-refractivity contribution in [3.05, 3.63) is 74.5 Å². The summed E-state index contributed by atoms with van der Waals surface area (Å²) in [5.74, 6) is 0.594. The molecule has 0 aliphatic rings. The lowest BCUT2D eigenvalue weighted by atomic mass is 10.1. The standard InChI is InChI=1S/C20H15BrN4O3/c1-28-15-8-4-13(5-9-15)18-16(10-22)19(27)25-20(24-18)23-11-17(26)12-2-6-14(21)7-3-12/h2-9H,11H2,1H3,(H2,23,24,25,27). The van der Waals surface area contributed by atoms with Crippen LogP contribution in [0.1, 0.15) is 15.9 Å². The first-order valence-electron chi connectivity index (χ1n) is 8.23. The second kappa shape index (κ2) is 8.50. The summed E-state index contributed by atoms with van der Waals surface area (Å²) >= 11 is 3.32. The highest BCUT2D eigenvalue weighted by Gasteiger charge is 2.14. The molecule has 1 aromatic heterocycles. The molecule has 8 heteroatoms.